The van der Waals surface area contributed by atoms with E-state index in [1.54, 1.807) is 14.2 Å². The first-order valence-corrected chi connectivity index (χ1v) is 6.73. The number of hydrogen-bond acceptors (Lipinski definition) is 5. The standard InChI is InChI=1S/C15H22O5/c1-15(10-19-9-7-16)13-11(6-8-20-15)4-5-12(17-2)14(13)18-3/h4-5,16H,6-10H2,1-3H3. The fourth-order valence-electron chi connectivity index (χ4n) is 2.66. The van der Waals surface area contributed by atoms with Crippen molar-refractivity contribution < 1.29 is 24.1 Å². The van der Waals surface area contributed by atoms with Crippen molar-refractivity contribution in [1.29, 1.82) is 0 Å². The molecule has 0 saturated heterocycles. The third kappa shape index (κ3) is 2.75. The van der Waals surface area contributed by atoms with Crippen LogP contribution < -0.4 is 9.47 Å². The van der Waals surface area contributed by atoms with Crippen molar-refractivity contribution in [3.05, 3.63) is 23.3 Å². The summed E-state index contributed by atoms with van der Waals surface area (Å²) in [6, 6.07) is 3.96. The van der Waals surface area contributed by atoms with Gasteiger partial charge in [-0.3, -0.25) is 0 Å². The first-order chi connectivity index (χ1) is 9.66. The lowest BCUT2D eigenvalue weighted by atomic mass is 9.87. The van der Waals surface area contributed by atoms with Crippen molar-refractivity contribution in [3.63, 3.8) is 0 Å². The molecular formula is C15H22O5. The molecular weight excluding hydrogens is 260 g/mol. The van der Waals surface area contributed by atoms with Gasteiger partial charge in [-0.15, -0.1) is 0 Å². The van der Waals surface area contributed by atoms with Crippen molar-refractivity contribution in [2.24, 2.45) is 0 Å². The van der Waals surface area contributed by atoms with Crippen molar-refractivity contribution in [3.8, 4) is 11.5 Å². The SMILES string of the molecule is COc1ccc2c(c1OC)C(C)(COCCO)OCC2. The van der Waals surface area contributed by atoms with Gasteiger partial charge in [0.05, 0.1) is 40.6 Å². The summed E-state index contributed by atoms with van der Waals surface area (Å²) in [6.45, 7) is 3.27. The van der Waals surface area contributed by atoms with Gasteiger partial charge in [-0.25, -0.2) is 0 Å². The molecule has 1 aliphatic heterocycles. The maximum Gasteiger partial charge on any atom is 0.167 e. The van der Waals surface area contributed by atoms with Crippen LogP contribution in [0.25, 0.3) is 0 Å². The van der Waals surface area contributed by atoms with Gasteiger partial charge in [0.2, 0.25) is 0 Å². The molecule has 1 aliphatic rings. The highest BCUT2D eigenvalue weighted by molar-refractivity contribution is 5.54. The zero-order chi connectivity index (χ0) is 14.6. The van der Waals surface area contributed by atoms with Crippen molar-refractivity contribution >= 4 is 0 Å². The summed E-state index contributed by atoms with van der Waals surface area (Å²) in [5, 5.41) is 8.85. The molecule has 1 aromatic rings. The van der Waals surface area contributed by atoms with E-state index in [2.05, 4.69) is 0 Å². The van der Waals surface area contributed by atoms with Crippen LogP contribution in [0.2, 0.25) is 0 Å². The van der Waals surface area contributed by atoms with Crippen LogP contribution in [-0.4, -0.2) is 45.8 Å². The molecule has 112 valence electrons. The minimum atomic E-state index is -0.595. The highest BCUT2D eigenvalue weighted by Gasteiger charge is 2.37. The molecule has 1 aromatic carbocycles. The van der Waals surface area contributed by atoms with E-state index in [1.165, 1.54) is 5.56 Å². The van der Waals surface area contributed by atoms with E-state index in [9.17, 15) is 0 Å². The number of aliphatic hydroxyl groups excluding tert-OH is 1. The molecule has 0 fully saturated rings. The van der Waals surface area contributed by atoms with Gasteiger partial charge in [0.1, 0.15) is 5.60 Å². The summed E-state index contributed by atoms with van der Waals surface area (Å²) in [4.78, 5) is 0. The number of ether oxygens (including phenoxy) is 4. The predicted octanol–water partition coefficient (Wildman–Crippen LogP) is 1.50. The summed E-state index contributed by atoms with van der Waals surface area (Å²) >= 11 is 0. The largest absolute Gasteiger partial charge is 0.493 e. The Bertz CT molecular complexity index is 460. The van der Waals surface area contributed by atoms with Crippen LogP contribution >= 0.6 is 0 Å². The van der Waals surface area contributed by atoms with E-state index >= 15 is 0 Å². The number of benzene rings is 1. The minimum absolute atomic E-state index is 0.00180. The maximum atomic E-state index is 8.85. The summed E-state index contributed by atoms with van der Waals surface area (Å²) in [6.07, 6.45) is 0.839. The zero-order valence-corrected chi connectivity index (χ0v) is 12.3. The first-order valence-electron chi connectivity index (χ1n) is 6.73. The molecule has 5 nitrogen and oxygen atoms in total. The molecule has 0 bridgehead atoms. The van der Waals surface area contributed by atoms with Gasteiger partial charge in [-0.2, -0.15) is 0 Å². The molecule has 1 unspecified atom stereocenters. The van der Waals surface area contributed by atoms with Gasteiger partial charge in [0.25, 0.3) is 0 Å². The van der Waals surface area contributed by atoms with Gasteiger partial charge in [-0.1, -0.05) is 6.07 Å². The molecule has 2 rings (SSSR count). The normalized spacial score (nSPS) is 21.4. The molecule has 0 aromatic heterocycles. The summed E-state index contributed by atoms with van der Waals surface area (Å²) in [5.74, 6) is 1.38. The molecule has 0 saturated carbocycles. The van der Waals surface area contributed by atoms with Crippen LogP contribution in [0, 0.1) is 0 Å². The Hall–Kier alpha value is -1.30. The van der Waals surface area contributed by atoms with Crippen molar-refractivity contribution in [1.82, 2.24) is 0 Å². The summed E-state index contributed by atoms with van der Waals surface area (Å²) in [5.41, 5.74) is 1.57. The van der Waals surface area contributed by atoms with Crippen LogP contribution in [0.1, 0.15) is 18.1 Å². The highest BCUT2D eigenvalue weighted by atomic mass is 16.5. The van der Waals surface area contributed by atoms with Gasteiger partial charge >= 0.3 is 0 Å². The van der Waals surface area contributed by atoms with E-state index in [0.29, 0.717) is 31.3 Å². The Balaban J connectivity index is 2.41. The second-order valence-corrected chi connectivity index (χ2v) is 4.94. The lowest BCUT2D eigenvalue weighted by Gasteiger charge is -2.37. The average molecular weight is 282 g/mol. The van der Waals surface area contributed by atoms with Crippen LogP contribution in [-0.2, 0) is 21.5 Å². The zero-order valence-electron chi connectivity index (χ0n) is 12.3. The average Bonchev–Trinajstić information content (AvgIpc) is 2.46. The Kier molecular flexibility index (Phi) is 4.86. The molecule has 0 aliphatic carbocycles. The molecule has 0 radical (unpaired) electrons. The number of methoxy groups -OCH3 is 2. The van der Waals surface area contributed by atoms with E-state index in [1.807, 2.05) is 19.1 Å². The van der Waals surface area contributed by atoms with E-state index < -0.39 is 5.60 Å². The second kappa shape index (κ2) is 6.43. The smallest absolute Gasteiger partial charge is 0.167 e. The lowest BCUT2D eigenvalue weighted by molar-refractivity contribution is -0.103. The van der Waals surface area contributed by atoms with Crippen LogP contribution in [0.15, 0.2) is 12.1 Å². The molecule has 5 heteroatoms. The number of aliphatic hydroxyl groups is 1. The Morgan fingerprint density at radius 2 is 2.10 bits per heavy atom. The van der Waals surface area contributed by atoms with Crippen LogP contribution in [0.3, 0.4) is 0 Å². The van der Waals surface area contributed by atoms with Crippen molar-refractivity contribution in [2.45, 2.75) is 18.9 Å². The molecule has 1 heterocycles. The quantitative estimate of drug-likeness (QED) is 0.801. The Labute approximate surface area is 119 Å². The molecule has 1 atom stereocenters. The fourth-order valence-corrected chi connectivity index (χ4v) is 2.66. The van der Waals surface area contributed by atoms with Gasteiger partial charge in [0.15, 0.2) is 11.5 Å². The summed E-state index contributed by atoms with van der Waals surface area (Å²) in [7, 11) is 3.25. The Morgan fingerprint density at radius 3 is 2.75 bits per heavy atom. The predicted molar refractivity (Wildman–Crippen MR) is 74.5 cm³/mol. The van der Waals surface area contributed by atoms with Crippen LogP contribution in [0.4, 0.5) is 0 Å². The lowest BCUT2D eigenvalue weighted by Crippen LogP contribution is -2.38. The molecule has 1 N–H and O–H groups in total. The molecule has 20 heavy (non-hydrogen) atoms. The number of fused-ring (bicyclic) bond motifs is 1. The molecule has 0 spiro atoms. The van der Waals surface area contributed by atoms with Gasteiger partial charge in [-0.05, 0) is 25.0 Å². The number of hydrogen-bond donors (Lipinski definition) is 1. The van der Waals surface area contributed by atoms with Gasteiger partial charge < -0.3 is 24.1 Å². The van der Waals surface area contributed by atoms with E-state index in [-0.39, 0.29) is 6.61 Å². The Morgan fingerprint density at radius 1 is 1.30 bits per heavy atom. The minimum Gasteiger partial charge on any atom is -0.493 e. The second-order valence-electron chi connectivity index (χ2n) is 4.94. The summed E-state index contributed by atoms with van der Waals surface area (Å²) < 4.78 is 22.3. The maximum absolute atomic E-state index is 8.85. The third-order valence-corrected chi connectivity index (χ3v) is 3.57. The third-order valence-electron chi connectivity index (χ3n) is 3.57. The van der Waals surface area contributed by atoms with E-state index in [0.717, 1.165) is 12.0 Å². The van der Waals surface area contributed by atoms with Gasteiger partial charge in [0, 0.05) is 5.56 Å². The monoisotopic (exact) mass is 282 g/mol. The first kappa shape index (κ1) is 15.1. The molecule has 0 amide bonds. The number of rotatable bonds is 6. The fraction of sp³-hybridized carbons (Fsp3) is 0.600. The van der Waals surface area contributed by atoms with Crippen LogP contribution in [0.5, 0.6) is 11.5 Å². The topological polar surface area (TPSA) is 57.2 Å². The highest BCUT2D eigenvalue weighted by Crippen LogP contribution is 2.44. The van der Waals surface area contributed by atoms with E-state index in [4.69, 9.17) is 24.1 Å². The van der Waals surface area contributed by atoms with Crippen molar-refractivity contribution in [2.75, 3.05) is 40.6 Å².